The van der Waals surface area contributed by atoms with Gasteiger partial charge in [0.15, 0.2) is 0 Å². The van der Waals surface area contributed by atoms with Gasteiger partial charge in [0, 0.05) is 12.8 Å². The minimum Gasteiger partial charge on any atom is -0.490 e. The van der Waals surface area contributed by atoms with Crippen LogP contribution >= 0.6 is 0 Å². The molecule has 0 unspecified atom stereocenters. The second-order valence-electron chi connectivity index (χ2n) is 5.72. The van der Waals surface area contributed by atoms with Gasteiger partial charge in [-0.2, -0.15) is 0 Å². The number of carbonyl (C=O) groups excluding carboxylic acids is 1. The first-order valence-electron chi connectivity index (χ1n) is 7.14. The van der Waals surface area contributed by atoms with Crippen LogP contribution in [0.4, 0.5) is 5.69 Å². The van der Waals surface area contributed by atoms with Crippen LogP contribution in [0.25, 0.3) is 0 Å². The molecule has 4 nitrogen and oxygen atoms in total. The van der Waals surface area contributed by atoms with Gasteiger partial charge in [-0.05, 0) is 63.8 Å². The predicted molar refractivity (Wildman–Crippen MR) is 79.0 cm³/mol. The first-order valence-corrected chi connectivity index (χ1v) is 7.14. The molecule has 1 fully saturated rings. The third-order valence-corrected chi connectivity index (χ3v) is 3.77. The van der Waals surface area contributed by atoms with Crippen LogP contribution in [0.3, 0.4) is 0 Å². The Balaban J connectivity index is 1.92. The van der Waals surface area contributed by atoms with E-state index in [4.69, 9.17) is 9.47 Å². The SMILES string of the molecule is COC(C)(C)C(=O)Nc1ccc(OC2CCCC2)cc1. The van der Waals surface area contributed by atoms with Crippen molar-refractivity contribution in [2.75, 3.05) is 12.4 Å². The van der Waals surface area contributed by atoms with E-state index in [0.717, 1.165) is 24.3 Å². The number of nitrogens with one attached hydrogen (secondary N) is 1. The molecule has 1 amide bonds. The molecule has 4 heteroatoms. The zero-order chi connectivity index (χ0) is 14.6. The van der Waals surface area contributed by atoms with E-state index >= 15 is 0 Å². The van der Waals surface area contributed by atoms with E-state index in [1.807, 2.05) is 24.3 Å². The van der Waals surface area contributed by atoms with Crippen molar-refractivity contribution in [3.63, 3.8) is 0 Å². The molecule has 110 valence electrons. The van der Waals surface area contributed by atoms with Crippen molar-refractivity contribution >= 4 is 11.6 Å². The Bertz CT molecular complexity index is 447. The summed E-state index contributed by atoms with van der Waals surface area (Å²) >= 11 is 0. The maximum atomic E-state index is 12.0. The molecule has 2 rings (SSSR count). The summed E-state index contributed by atoms with van der Waals surface area (Å²) in [6, 6.07) is 7.50. The minimum absolute atomic E-state index is 0.163. The number of methoxy groups -OCH3 is 1. The van der Waals surface area contributed by atoms with E-state index in [-0.39, 0.29) is 5.91 Å². The van der Waals surface area contributed by atoms with Gasteiger partial charge in [0.1, 0.15) is 11.4 Å². The second kappa shape index (κ2) is 6.27. The van der Waals surface area contributed by atoms with E-state index in [2.05, 4.69) is 5.32 Å². The Kier molecular flexibility index (Phi) is 4.65. The first kappa shape index (κ1) is 14.9. The fourth-order valence-corrected chi connectivity index (χ4v) is 2.19. The van der Waals surface area contributed by atoms with Crippen LogP contribution in [-0.2, 0) is 9.53 Å². The summed E-state index contributed by atoms with van der Waals surface area (Å²) in [5, 5.41) is 2.83. The van der Waals surface area contributed by atoms with E-state index in [1.165, 1.54) is 20.0 Å². The van der Waals surface area contributed by atoms with Gasteiger partial charge in [-0.15, -0.1) is 0 Å². The van der Waals surface area contributed by atoms with Crippen LogP contribution in [0.5, 0.6) is 5.75 Å². The highest BCUT2D eigenvalue weighted by atomic mass is 16.5. The third-order valence-electron chi connectivity index (χ3n) is 3.77. The molecule has 1 aliphatic rings. The van der Waals surface area contributed by atoms with Crippen LogP contribution < -0.4 is 10.1 Å². The highest BCUT2D eigenvalue weighted by Crippen LogP contribution is 2.25. The molecule has 0 saturated heterocycles. The van der Waals surface area contributed by atoms with Crippen LogP contribution in [0, 0.1) is 0 Å². The van der Waals surface area contributed by atoms with Gasteiger partial charge < -0.3 is 14.8 Å². The Morgan fingerprint density at radius 1 is 1.20 bits per heavy atom. The maximum absolute atomic E-state index is 12.0. The van der Waals surface area contributed by atoms with Crippen LogP contribution in [0.15, 0.2) is 24.3 Å². The van der Waals surface area contributed by atoms with Crippen molar-refractivity contribution in [3.8, 4) is 5.75 Å². The summed E-state index contributed by atoms with van der Waals surface area (Å²) in [6.07, 6.45) is 5.14. The topological polar surface area (TPSA) is 47.6 Å². The molecule has 0 aliphatic heterocycles. The van der Waals surface area contributed by atoms with Crippen LogP contribution in [-0.4, -0.2) is 24.7 Å². The third kappa shape index (κ3) is 3.73. The molecule has 1 N–H and O–H groups in total. The number of benzene rings is 1. The van der Waals surface area contributed by atoms with Crippen LogP contribution in [0.2, 0.25) is 0 Å². The van der Waals surface area contributed by atoms with Gasteiger partial charge >= 0.3 is 0 Å². The highest BCUT2D eigenvalue weighted by Gasteiger charge is 2.26. The Hall–Kier alpha value is -1.55. The lowest BCUT2D eigenvalue weighted by Gasteiger charge is -2.21. The number of carbonyl (C=O) groups is 1. The molecule has 0 atom stereocenters. The van der Waals surface area contributed by atoms with E-state index in [0.29, 0.717) is 6.10 Å². The summed E-state index contributed by atoms with van der Waals surface area (Å²) in [5.74, 6) is 0.699. The first-order chi connectivity index (χ1) is 9.51. The quantitative estimate of drug-likeness (QED) is 0.897. The summed E-state index contributed by atoms with van der Waals surface area (Å²) in [6.45, 7) is 3.47. The predicted octanol–water partition coefficient (Wildman–Crippen LogP) is 3.37. The highest BCUT2D eigenvalue weighted by molar-refractivity contribution is 5.96. The minimum atomic E-state index is -0.834. The molecule has 20 heavy (non-hydrogen) atoms. The van der Waals surface area contributed by atoms with E-state index < -0.39 is 5.60 Å². The van der Waals surface area contributed by atoms with Gasteiger partial charge in [0.25, 0.3) is 5.91 Å². The number of ether oxygens (including phenoxy) is 2. The molecule has 1 saturated carbocycles. The fourth-order valence-electron chi connectivity index (χ4n) is 2.19. The zero-order valence-electron chi connectivity index (χ0n) is 12.4. The summed E-state index contributed by atoms with van der Waals surface area (Å²) in [7, 11) is 1.53. The Labute approximate surface area is 120 Å². The van der Waals surface area contributed by atoms with Crippen LogP contribution in [0.1, 0.15) is 39.5 Å². The van der Waals surface area contributed by atoms with Gasteiger partial charge in [-0.3, -0.25) is 4.79 Å². The average Bonchev–Trinajstić information content (AvgIpc) is 2.94. The lowest BCUT2D eigenvalue weighted by molar-refractivity contribution is -0.133. The largest absolute Gasteiger partial charge is 0.490 e. The maximum Gasteiger partial charge on any atom is 0.256 e. The molecule has 1 aromatic rings. The standard InChI is InChI=1S/C16H23NO3/c1-16(2,19-3)15(18)17-12-8-10-14(11-9-12)20-13-6-4-5-7-13/h8-11,13H,4-7H2,1-3H3,(H,17,18). The lowest BCUT2D eigenvalue weighted by Crippen LogP contribution is -2.38. The molecule has 0 bridgehead atoms. The molecule has 1 aromatic carbocycles. The van der Waals surface area contributed by atoms with Crippen molar-refractivity contribution < 1.29 is 14.3 Å². The number of amides is 1. The summed E-state index contributed by atoms with van der Waals surface area (Å²) in [5.41, 5.74) is -0.0853. The number of rotatable bonds is 5. The van der Waals surface area contributed by atoms with Gasteiger partial charge in [-0.1, -0.05) is 0 Å². The Morgan fingerprint density at radius 3 is 2.35 bits per heavy atom. The summed E-state index contributed by atoms with van der Waals surface area (Å²) in [4.78, 5) is 12.0. The van der Waals surface area contributed by atoms with Gasteiger partial charge in [0.2, 0.25) is 0 Å². The molecular formula is C16H23NO3. The van der Waals surface area contributed by atoms with Crippen molar-refractivity contribution in [3.05, 3.63) is 24.3 Å². The van der Waals surface area contributed by atoms with Crippen molar-refractivity contribution in [1.82, 2.24) is 0 Å². The second-order valence-corrected chi connectivity index (χ2v) is 5.72. The van der Waals surface area contributed by atoms with Crippen molar-refractivity contribution in [2.24, 2.45) is 0 Å². The number of hydrogen-bond donors (Lipinski definition) is 1. The van der Waals surface area contributed by atoms with Crippen molar-refractivity contribution in [1.29, 1.82) is 0 Å². The monoisotopic (exact) mass is 277 g/mol. The Morgan fingerprint density at radius 2 is 1.80 bits per heavy atom. The van der Waals surface area contributed by atoms with E-state index in [9.17, 15) is 4.79 Å². The molecule has 1 aliphatic carbocycles. The van der Waals surface area contributed by atoms with Gasteiger partial charge in [0.05, 0.1) is 6.10 Å². The molecule has 0 radical (unpaired) electrons. The molecular weight excluding hydrogens is 254 g/mol. The molecule has 0 spiro atoms. The number of anilines is 1. The normalized spacial score (nSPS) is 16.1. The van der Waals surface area contributed by atoms with Gasteiger partial charge in [-0.25, -0.2) is 0 Å². The molecule has 0 aromatic heterocycles. The van der Waals surface area contributed by atoms with E-state index in [1.54, 1.807) is 13.8 Å². The smallest absolute Gasteiger partial charge is 0.256 e. The van der Waals surface area contributed by atoms with Crippen molar-refractivity contribution in [2.45, 2.75) is 51.2 Å². The number of hydrogen-bond acceptors (Lipinski definition) is 3. The fraction of sp³-hybridized carbons (Fsp3) is 0.562. The average molecular weight is 277 g/mol. The lowest BCUT2D eigenvalue weighted by atomic mass is 10.1. The summed E-state index contributed by atoms with van der Waals surface area (Å²) < 4.78 is 11.0. The molecule has 0 heterocycles. The zero-order valence-corrected chi connectivity index (χ0v) is 12.4.